The van der Waals surface area contributed by atoms with Gasteiger partial charge in [-0.25, -0.2) is 8.42 Å². The lowest BCUT2D eigenvalue weighted by Gasteiger charge is -2.36. The van der Waals surface area contributed by atoms with Crippen molar-refractivity contribution in [3.05, 3.63) is 12.4 Å². The summed E-state index contributed by atoms with van der Waals surface area (Å²) < 4.78 is 26.3. The number of likely N-dealkylation sites (N-methyl/N-ethyl adjacent to an activating group) is 1. The van der Waals surface area contributed by atoms with Gasteiger partial charge in [-0.05, 0) is 13.5 Å². The Morgan fingerprint density at radius 2 is 2.05 bits per heavy atom. The van der Waals surface area contributed by atoms with E-state index < -0.39 is 15.6 Å². The van der Waals surface area contributed by atoms with E-state index in [4.69, 9.17) is 0 Å². The zero-order chi connectivity index (χ0) is 15.8. The van der Waals surface area contributed by atoms with Gasteiger partial charge in [0, 0.05) is 52.0 Å². The van der Waals surface area contributed by atoms with Crippen molar-refractivity contribution in [2.24, 2.45) is 0 Å². The highest BCUT2D eigenvalue weighted by molar-refractivity contribution is 7.89. The van der Waals surface area contributed by atoms with Crippen LogP contribution in [0, 0.1) is 0 Å². The Morgan fingerprint density at radius 3 is 2.68 bits per heavy atom. The standard InChI is InChI=1S/C13H23N5O3S/c1-16-4-6-17(7-5-16)10-13(19)2-3-18(11-13)22(20,21)12-8-14-15-9-12/h8-9,19H,2-7,10-11H2,1H3,(H,14,15)/t13-/m0/s1. The minimum Gasteiger partial charge on any atom is -0.387 e. The third kappa shape index (κ3) is 3.18. The Kier molecular flexibility index (Phi) is 4.25. The Morgan fingerprint density at radius 1 is 1.32 bits per heavy atom. The van der Waals surface area contributed by atoms with Gasteiger partial charge in [0.15, 0.2) is 0 Å². The molecule has 22 heavy (non-hydrogen) atoms. The molecule has 1 aromatic heterocycles. The number of rotatable bonds is 4. The number of nitrogens with zero attached hydrogens (tertiary/aromatic N) is 4. The summed E-state index contributed by atoms with van der Waals surface area (Å²) in [4.78, 5) is 4.62. The van der Waals surface area contributed by atoms with Gasteiger partial charge in [0.05, 0.1) is 11.8 Å². The number of aromatic amines is 1. The second-order valence-electron chi connectivity index (χ2n) is 6.33. The van der Waals surface area contributed by atoms with Crippen LogP contribution >= 0.6 is 0 Å². The lowest BCUT2D eigenvalue weighted by molar-refractivity contribution is 0.00424. The van der Waals surface area contributed by atoms with Gasteiger partial charge in [-0.2, -0.15) is 9.40 Å². The van der Waals surface area contributed by atoms with Gasteiger partial charge in [-0.1, -0.05) is 0 Å². The maximum atomic E-state index is 12.5. The third-order valence-electron chi connectivity index (χ3n) is 4.52. The molecule has 1 atom stereocenters. The van der Waals surface area contributed by atoms with Crippen molar-refractivity contribution < 1.29 is 13.5 Å². The summed E-state index contributed by atoms with van der Waals surface area (Å²) >= 11 is 0. The van der Waals surface area contributed by atoms with Crippen molar-refractivity contribution in [3.8, 4) is 0 Å². The molecule has 2 aliphatic rings. The van der Waals surface area contributed by atoms with E-state index in [2.05, 4.69) is 27.0 Å². The molecule has 2 aliphatic heterocycles. The maximum absolute atomic E-state index is 12.5. The predicted molar refractivity (Wildman–Crippen MR) is 80.9 cm³/mol. The molecule has 124 valence electrons. The molecule has 2 fully saturated rings. The average molecular weight is 329 g/mol. The molecule has 0 radical (unpaired) electrons. The van der Waals surface area contributed by atoms with E-state index in [0.717, 1.165) is 26.2 Å². The second kappa shape index (κ2) is 5.89. The fourth-order valence-corrected chi connectivity index (χ4v) is 4.53. The normalized spacial score (nSPS) is 29.2. The summed E-state index contributed by atoms with van der Waals surface area (Å²) in [6, 6.07) is 0. The van der Waals surface area contributed by atoms with Crippen LogP contribution < -0.4 is 0 Å². The molecule has 0 aromatic carbocycles. The number of β-amino-alcohol motifs (C(OH)–C–C–N with tert-alkyl or cyclic N) is 1. The summed E-state index contributed by atoms with van der Waals surface area (Å²) in [6.07, 6.45) is 3.14. The van der Waals surface area contributed by atoms with Gasteiger partial charge in [-0.3, -0.25) is 10.00 Å². The van der Waals surface area contributed by atoms with Gasteiger partial charge < -0.3 is 10.0 Å². The van der Waals surface area contributed by atoms with Gasteiger partial charge in [0.1, 0.15) is 4.90 Å². The topological polar surface area (TPSA) is 92.8 Å². The van der Waals surface area contributed by atoms with Crippen LogP contribution in [-0.2, 0) is 10.0 Å². The zero-order valence-electron chi connectivity index (χ0n) is 12.8. The van der Waals surface area contributed by atoms with Crippen LogP contribution in [0.15, 0.2) is 17.3 Å². The summed E-state index contributed by atoms with van der Waals surface area (Å²) in [7, 11) is -1.48. The van der Waals surface area contributed by atoms with Gasteiger partial charge in [0.25, 0.3) is 0 Å². The molecule has 0 spiro atoms. The van der Waals surface area contributed by atoms with Crippen LogP contribution in [-0.4, -0.2) is 96.3 Å². The van der Waals surface area contributed by atoms with Crippen molar-refractivity contribution in [2.45, 2.75) is 16.9 Å². The molecule has 3 heterocycles. The van der Waals surface area contributed by atoms with E-state index in [0.29, 0.717) is 19.5 Å². The van der Waals surface area contributed by atoms with Gasteiger partial charge in [-0.15, -0.1) is 0 Å². The number of H-pyrrole nitrogens is 1. The molecule has 0 unspecified atom stereocenters. The van der Waals surface area contributed by atoms with Gasteiger partial charge in [0.2, 0.25) is 10.0 Å². The van der Waals surface area contributed by atoms with Crippen molar-refractivity contribution in [1.29, 1.82) is 0 Å². The fraction of sp³-hybridized carbons (Fsp3) is 0.769. The largest absolute Gasteiger partial charge is 0.387 e. The van der Waals surface area contributed by atoms with Crippen molar-refractivity contribution >= 4 is 10.0 Å². The Labute approximate surface area is 130 Å². The SMILES string of the molecule is CN1CCN(C[C@@]2(O)CCN(S(=O)(=O)c3cn[nH]c3)C2)CC1. The molecule has 0 amide bonds. The number of nitrogens with one attached hydrogen (secondary N) is 1. The molecular formula is C13H23N5O3S. The number of hydrogen-bond acceptors (Lipinski definition) is 6. The molecule has 9 heteroatoms. The molecule has 2 saturated heterocycles. The van der Waals surface area contributed by atoms with E-state index in [1.165, 1.54) is 16.7 Å². The lowest BCUT2D eigenvalue weighted by Crippen LogP contribution is -2.52. The van der Waals surface area contributed by atoms with Gasteiger partial charge >= 0.3 is 0 Å². The molecule has 1 aromatic rings. The van der Waals surface area contributed by atoms with Crippen LogP contribution in [0.1, 0.15) is 6.42 Å². The highest BCUT2D eigenvalue weighted by atomic mass is 32.2. The first-order valence-electron chi connectivity index (χ1n) is 7.51. The number of aromatic nitrogens is 2. The highest BCUT2D eigenvalue weighted by Crippen LogP contribution is 2.27. The minimum atomic E-state index is -3.56. The maximum Gasteiger partial charge on any atom is 0.246 e. The average Bonchev–Trinajstić information content (AvgIpc) is 3.12. The molecule has 0 bridgehead atoms. The van der Waals surface area contributed by atoms with Crippen molar-refractivity contribution in [3.63, 3.8) is 0 Å². The van der Waals surface area contributed by atoms with E-state index in [9.17, 15) is 13.5 Å². The first kappa shape index (κ1) is 15.9. The molecular weight excluding hydrogens is 306 g/mol. The lowest BCUT2D eigenvalue weighted by atomic mass is 10.0. The monoisotopic (exact) mass is 329 g/mol. The fourth-order valence-electron chi connectivity index (χ4n) is 3.10. The summed E-state index contributed by atoms with van der Waals surface area (Å²) in [5, 5.41) is 17.0. The van der Waals surface area contributed by atoms with E-state index >= 15 is 0 Å². The van der Waals surface area contributed by atoms with E-state index in [1.54, 1.807) is 0 Å². The second-order valence-corrected chi connectivity index (χ2v) is 8.26. The molecule has 0 aliphatic carbocycles. The first-order valence-corrected chi connectivity index (χ1v) is 8.95. The minimum absolute atomic E-state index is 0.146. The predicted octanol–water partition coefficient (Wildman–Crippen LogP) is -1.22. The number of sulfonamides is 1. The summed E-state index contributed by atoms with van der Waals surface area (Å²) in [6.45, 7) is 4.80. The van der Waals surface area contributed by atoms with Crippen molar-refractivity contribution in [1.82, 2.24) is 24.3 Å². The first-order chi connectivity index (χ1) is 10.4. The number of aliphatic hydroxyl groups is 1. The smallest absolute Gasteiger partial charge is 0.246 e. The molecule has 8 nitrogen and oxygen atoms in total. The Balaban J connectivity index is 1.64. The third-order valence-corrected chi connectivity index (χ3v) is 6.33. The molecule has 3 rings (SSSR count). The van der Waals surface area contributed by atoms with Crippen LogP contribution in [0.5, 0.6) is 0 Å². The van der Waals surface area contributed by atoms with Crippen LogP contribution in [0.4, 0.5) is 0 Å². The summed E-state index contributed by atoms with van der Waals surface area (Å²) in [5.41, 5.74) is -0.966. The quantitative estimate of drug-likeness (QED) is 0.719. The zero-order valence-corrected chi connectivity index (χ0v) is 13.6. The number of hydrogen-bond donors (Lipinski definition) is 2. The van der Waals surface area contributed by atoms with Crippen LogP contribution in [0.2, 0.25) is 0 Å². The number of piperazine rings is 1. The summed E-state index contributed by atoms with van der Waals surface area (Å²) in [5.74, 6) is 0. The van der Waals surface area contributed by atoms with E-state index in [-0.39, 0.29) is 11.4 Å². The Bertz CT molecular complexity index is 597. The highest BCUT2D eigenvalue weighted by Gasteiger charge is 2.43. The Hall–Kier alpha value is -1.00. The van der Waals surface area contributed by atoms with Crippen LogP contribution in [0.3, 0.4) is 0 Å². The molecule has 2 N–H and O–H groups in total. The molecule has 0 saturated carbocycles. The van der Waals surface area contributed by atoms with E-state index in [1.807, 2.05) is 0 Å². The van der Waals surface area contributed by atoms with Crippen molar-refractivity contribution in [2.75, 3.05) is 52.9 Å². The van der Waals surface area contributed by atoms with Crippen LogP contribution in [0.25, 0.3) is 0 Å².